The molecule has 3 fully saturated rings. The molecule has 3 heterocycles. The third-order valence-electron chi connectivity index (χ3n) is 6.99. The molecule has 0 saturated carbocycles. The molecule has 5 rings (SSSR count). The van der Waals surface area contributed by atoms with Crippen LogP contribution in [0, 0.1) is 11.8 Å². The van der Waals surface area contributed by atoms with E-state index in [-0.39, 0.29) is 0 Å². The van der Waals surface area contributed by atoms with Crippen LogP contribution in [0.4, 0.5) is 0 Å². The molecule has 2 nitrogen and oxygen atoms in total. The highest BCUT2D eigenvalue weighted by Gasteiger charge is 2.45. The second-order valence-corrected chi connectivity index (χ2v) is 8.46. The second kappa shape index (κ2) is 6.31. The Kier molecular flexibility index (Phi) is 3.99. The van der Waals surface area contributed by atoms with Gasteiger partial charge in [0.1, 0.15) is 0 Å². The average molecular weight is 322 g/mol. The van der Waals surface area contributed by atoms with Gasteiger partial charge in [0, 0.05) is 25.2 Å². The van der Waals surface area contributed by atoms with Crippen molar-refractivity contribution in [3.8, 4) is 0 Å². The molecular formula is C22H30N2. The van der Waals surface area contributed by atoms with Crippen LogP contribution in [-0.2, 0) is 6.54 Å². The Morgan fingerprint density at radius 1 is 1.00 bits per heavy atom. The summed E-state index contributed by atoms with van der Waals surface area (Å²) in [6.07, 6.45) is 11.2. The molecule has 2 heteroatoms. The Bertz CT molecular complexity index is 608. The maximum absolute atomic E-state index is 2.85. The van der Waals surface area contributed by atoms with Crippen LogP contribution in [-0.4, -0.2) is 41.5 Å². The molecule has 1 aromatic rings. The third kappa shape index (κ3) is 2.64. The van der Waals surface area contributed by atoms with Gasteiger partial charge in [0.15, 0.2) is 0 Å². The first-order chi connectivity index (χ1) is 11.9. The molecular weight excluding hydrogens is 292 g/mol. The third-order valence-corrected chi connectivity index (χ3v) is 6.99. The molecule has 0 spiro atoms. The number of rotatable bonds is 2. The van der Waals surface area contributed by atoms with Gasteiger partial charge in [0.25, 0.3) is 0 Å². The summed E-state index contributed by atoms with van der Waals surface area (Å²) in [5, 5.41) is 0. The van der Waals surface area contributed by atoms with Crippen molar-refractivity contribution in [2.75, 3.05) is 19.6 Å². The van der Waals surface area contributed by atoms with Crippen molar-refractivity contribution in [2.45, 2.75) is 57.2 Å². The van der Waals surface area contributed by atoms with Crippen molar-refractivity contribution in [1.29, 1.82) is 0 Å². The minimum absolute atomic E-state index is 0.720. The van der Waals surface area contributed by atoms with Gasteiger partial charge < -0.3 is 0 Å². The number of benzene rings is 1. The smallest absolute Gasteiger partial charge is 0.0351 e. The Morgan fingerprint density at radius 3 is 2.83 bits per heavy atom. The molecule has 1 aliphatic carbocycles. The molecule has 0 radical (unpaired) electrons. The second-order valence-electron chi connectivity index (χ2n) is 8.46. The van der Waals surface area contributed by atoms with Gasteiger partial charge in [0.05, 0.1) is 0 Å². The number of nitrogens with zero attached hydrogens (tertiary/aromatic N) is 2. The van der Waals surface area contributed by atoms with E-state index in [2.05, 4.69) is 46.2 Å². The average Bonchev–Trinajstić information content (AvgIpc) is 2.63. The lowest BCUT2D eigenvalue weighted by Gasteiger charge is -2.54. The lowest BCUT2D eigenvalue weighted by atomic mass is 9.68. The quantitative estimate of drug-likeness (QED) is 0.757. The van der Waals surface area contributed by atoms with Crippen molar-refractivity contribution in [1.82, 2.24) is 9.80 Å². The van der Waals surface area contributed by atoms with Crippen LogP contribution in [0.2, 0.25) is 0 Å². The molecule has 3 aliphatic heterocycles. The van der Waals surface area contributed by atoms with Gasteiger partial charge in [-0.1, -0.05) is 48.4 Å². The van der Waals surface area contributed by atoms with Crippen molar-refractivity contribution in [3.63, 3.8) is 0 Å². The zero-order valence-corrected chi connectivity index (χ0v) is 14.7. The van der Waals surface area contributed by atoms with E-state index >= 15 is 0 Å². The lowest BCUT2D eigenvalue weighted by molar-refractivity contribution is -0.00264. The molecule has 24 heavy (non-hydrogen) atoms. The summed E-state index contributed by atoms with van der Waals surface area (Å²) in [6, 6.07) is 12.7. The van der Waals surface area contributed by atoms with Gasteiger partial charge in [0.2, 0.25) is 0 Å². The van der Waals surface area contributed by atoms with E-state index in [9.17, 15) is 0 Å². The van der Waals surface area contributed by atoms with Crippen molar-refractivity contribution < 1.29 is 0 Å². The highest BCUT2D eigenvalue weighted by atomic mass is 15.2. The first-order valence-electron chi connectivity index (χ1n) is 10.1. The van der Waals surface area contributed by atoms with Crippen LogP contribution in [0.5, 0.6) is 0 Å². The molecule has 0 amide bonds. The number of fused-ring (bicyclic) bond motifs is 6. The zero-order chi connectivity index (χ0) is 15.9. The summed E-state index contributed by atoms with van der Waals surface area (Å²) in [5.41, 5.74) is 3.27. The number of hydrogen-bond acceptors (Lipinski definition) is 2. The van der Waals surface area contributed by atoms with Crippen LogP contribution in [0.25, 0.3) is 0 Å². The van der Waals surface area contributed by atoms with Crippen molar-refractivity contribution in [2.24, 2.45) is 11.8 Å². The van der Waals surface area contributed by atoms with Gasteiger partial charge in [-0.3, -0.25) is 9.80 Å². The molecule has 2 bridgehead atoms. The predicted molar refractivity (Wildman–Crippen MR) is 98.8 cm³/mol. The van der Waals surface area contributed by atoms with E-state index in [1.807, 2.05) is 0 Å². The first kappa shape index (κ1) is 15.2. The van der Waals surface area contributed by atoms with E-state index in [1.165, 1.54) is 63.7 Å². The lowest BCUT2D eigenvalue weighted by Crippen LogP contribution is -2.58. The Labute approximate surface area is 146 Å². The highest BCUT2D eigenvalue weighted by Crippen LogP contribution is 2.45. The van der Waals surface area contributed by atoms with Gasteiger partial charge in [-0.05, 0) is 62.6 Å². The summed E-state index contributed by atoms with van der Waals surface area (Å²) in [6.45, 7) is 5.12. The van der Waals surface area contributed by atoms with Crippen LogP contribution in [0.15, 0.2) is 42.0 Å². The van der Waals surface area contributed by atoms with E-state index in [4.69, 9.17) is 0 Å². The molecule has 0 N–H and O–H groups in total. The fraction of sp³-hybridized carbons (Fsp3) is 0.636. The molecule has 0 aromatic heterocycles. The van der Waals surface area contributed by atoms with Gasteiger partial charge in [-0.2, -0.15) is 0 Å². The Hall–Kier alpha value is -1.12. The largest absolute Gasteiger partial charge is 0.299 e. The van der Waals surface area contributed by atoms with Gasteiger partial charge in [-0.25, -0.2) is 0 Å². The minimum atomic E-state index is 0.720. The predicted octanol–water partition coefficient (Wildman–Crippen LogP) is 4.08. The van der Waals surface area contributed by atoms with E-state index < -0.39 is 0 Å². The summed E-state index contributed by atoms with van der Waals surface area (Å²) in [4.78, 5) is 5.65. The number of piperidine rings is 3. The van der Waals surface area contributed by atoms with Gasteiger partial charge in [-0.15, -0.1) is 0 Å². The summed E-state index contributed by atoms with van der Waals surface area (Å²) < 4.78 is 0. The topological polar surface area (TPSA) is 6.48 Å². The number of hydrogen-bond donors (Lipinski definition) is 0. The maximum atomic E-state index is 2.85. The fourth-order valence-corrected chi connectivity index (χ4v) is 6.08. The van der Waals surface area contributed by atoms with Crippen molar-refractivity contribution in [3.05, 3.63) is 47.5 Å². The standard InChI is InChI=1S/C22H30N2/c1-2-7-17(8-3-1)15-24-12-6-9-18-13-19-14-20(22(18)24)16-23-11-5-4-10-21(19)23/h1-3,7-8,13,19-22H,4-6,9-12,14-16H2/t19-,20+,21+,22+/m0/s1. The van der Waals surface area contributed by atoms with Crippen LogP contribution in [0.1, 0.15) is 44.1 Å². The molecule has 1 aromatic carbocycles. The van der Waals surface area contributed by atoms with E-state index in [0.29, 0.717) is 0 Å². The summed E-state index contributed by atoms with van der Waals surface area (Å²) in [5.74, 6) is 1.72. The van der Waals surface area contributed by atoms with Gasteiger partial charge >= 0.3 is 0 Å². The molecule has 4 atom stereocenters. The van der Waals surface area contributed by atoms with Crippen LogP contribution in [0.3, 0.4) is 0 Å². The SMILES string of the molecule is C1=C2CCCN(Cc3ccccc3)[C@H]2[C@@H]2C[C@H]1[C@H]1CCCCN1C2. The molecule has 3 saturated heterocycles. The summed E-state index contributed by atoms with van der Waals surface area (Å²) in [7, 11) is 0. The monoisotopic (exact) mass is 322 g/mol. The normalized spacial score (nSPS) is 36.6. The molecule has 4 aliphatic rings. The van der Waals surface area contributed by atoms with E-state index in [1.54, 1.807) is 5.57 Å². The van der Waals surface area contributed by atoms with Crippen LogP contribution < -0.4 is 0 Å². The Morgan fingerprint density at radius 2 is 1.92 bits per heavy atom. The van der Waals surface area contributed by atoms with Crippen molar-refractivity contribution >= 4 is 0 Å². The number of likely N-dealkylation sites (tertiary alicyclic amines) is 1. The van der Waals surface area contributed by atoms with E-state index in [0.717, 1.165) is 30.5 Å². The molecule has 0 unspecified atom stereocenters. The fourth-order valence-electron chi connectivity index (χ4n) is 6.08. The maximum Gasteiger partial charge on any atom is 0.0351 e. The Balaban J connectivity index is 1.42. The summed E-state index contributed by atoms with van der Waals surface area (Å²) >= 11 is 0. The first-order valence-corrected chi connectivity index (χ1v) is 10.1. The molecule has 128 valence electrons. The zero-order valence-electron chi connectivity index (χ0n) is 14.7. The van der Waals surface area contributed by atoms with Crippen LogP contribution >= 0.6 is 0 Å². The minimum Gasteiger partial charge on any atom is -0.299 e. The highest BCUT2D eigenvalue weighted by molar-refractivity contribution is 5.25.